The standard InChI is InChI=1S/C7H14N2O2S/c1-12(11)5-4-9-3-2-8-6-7(9)10/h8H,2-6H2,1H3. The lowest BCUT2D eigenvalue weighted by molar-refractivity contribution is -0.131. The topological polar surface area (TPSA) is 49.4 Å². The maximum absolute atomic E-state index is 11.2. The third-order valence-electron chi connectivity index (χ3n) is 1.84. The summed E-state index contributed by atoms with van der Waals surface area (Å²) in [5.41, 5.74) is 0. The molecule has 0 radical (unpaired) electrons. The number of amides is 1. The van der Waals surface area contributed by atoms with Gasteiger partial charge in [0, 0.05) is 42.4 Å². The van der Waals surface area contributed by atoms with Crippen LogP contribution < -0.4 is 5.32 Å². The Kier molecular flexibility index (Phi) is 3.68. The molecular weight excluding hydrogens is 176 g/mol. The lowest BCUT2D eigenvalue weighted by Crippen LogP contribution is -2.49. The van der Waals surface area contributed by atoms with Gasteiger partial charge in [0.05, 0.1) is 6.54 Å². The van der Waals surface area contributed by atoms with Crippen LogP contribution in [0.3, 0.4) is 0 Å². The molecule has 1 N–H and O–H groups in total. The number of rotatable bonds is 3. The molecule has 0 saturated carbocycles. The van der Waals surface area contributed by atoms with Gasteiger partial charge >= 0.3 is 0 Å². The number of carbonyl (C=O) groups is 1. The molecule has 1 amide bonds. The van der Waals surface area contributed by atoms with E-state index >= 15 is 0 Å². The number of hydrogen-bond donors (Lipinski definition) is 1. The van der Waals surface area contributed by atoms with Gasteiger partial charge in [-0.15, -0.1) is 0 Å². The number of carbonyl (C=O) groups excluding carboxylic acids is 1. The lowest BCUT2D eigenvalue weighted by atomic mass is 10.3. The second kappa shape index (κ2) is 4.57. The van der Waals surface area contributed by atoms with Gasteiger partial charge in [-0.25, -0.2) is 0 Å². The highest BCUT2D eigenvalue weighted by Gasteiger charge is 2.16. The fourth-order valence-electron chi connectivity index (χ4n) is 1.12. The van der Waals surface area contributed by atoms with E-state index in [2.05, 4.69) is 5.32 Å². The molecule has 1 rings (SSSR count). The largest absolute Gasteiger partial charge is 0.339 e. The number of nitrogens with one attached hydrogen (secondary N) is 1. The second-order valence-corrected chi connectivity index (χ2v) is 4.39. The Bertz CT molecular complexity index is 196. The highest BCUT2D eigenvalue weighted by Crippen LogP contribution is 1.93. The first-order chi connectivity index (χ1) is 5.70. The van der Waals surface area contributed by atoms with Gasteiger partial charge in [-0.2, -0.15) is 0 Å². The Morgan fingerprint density at radius 3 is 3.00 bits per heavy atom. The summed E-state index contributed by atoms with van der Waals surface area (Å²) >= 11 is 0. The van der Waals surface area contributed by atoms with Crippen LogP contribution in [0.2, 0.25) is 0 Å². The third-order valence-corrected chi connectivity index (χ3v) is 2.59. The van der Waals surface area contributed by atoms with Crippen molar-refractivity contribution in [2.75, 3.05) is 38.2 Å². The molecule has 1 aliphatic rings. The minimum atomic E-state index is -0.796. The zero-order chi connectivity index (χ0) is 8.97. The van der Waals surface area contributed by atoms with E-state index in [1.54, 1.807) is 11.2 Å². The fraction of sp³-hybridized carbons (Fsp3) is 0.857. The number of hydrogen-bond acceptors (Lipinski definition) is 3. The van der Waals surface area contributed by atoms with Gasteiger partial charge in [-0.3, -0.25) is 9.00 Å². The SMILES string of the molecule is CS(=O)CCN1CCNCC1=O. The van der Waals surface area contributed by atoms with E-state index in [-0.39, 0.29) is 5.91 Å². The van der Waals surface area contributed by atoms with Crippen molar-refractivity contribution in [2.45, 2.75) is 0 Å². The molecule has 0 aromatic carbocycles. The van der Waals surface area contributed by atoms with Crippen molar-refractivity contribution in [3.8, 4) is 0 Å². The van der Waals surface area contributed by atoms with Crippen LogP contribution in [0.25, 0.3) is 0 Å². The van der Waals surface area contributed by atoms with Crippen LogP contribution in [0.1, 0.15) is 0 Å². The van der Waals surface area contributed by atoms with Crippen molar-refractivity contribution in [1.82, 2.24) is 10.2 Å². The molecule has 1 saturated heterocycles. The molecule has 0 aliphatic carbocycles. The molecule has 1 aliphatic heterocycles. The summed E-state index contributed by atoms with van der Waals surface area (Å²) in [6.45, 7) is 2.65. The summed E-state index contributed by atoms with van der Waals surface area (Å²) in [6, 6.07) is 0. The van der Waals surface area contributed by atoms with E-state index < -0.39 is 10.8 Å². The summed E-state index contributed by atoms with van der Waals surface area (Å²) < 4.78 is 10.8. The molecule has 1 heterocycles. The molecule has 0 aromatic heterocycles. The maximum Gasteiger partial charge on any atom is 0.236 e. The van der Waals surface area contributed by atoms with Crippen LogP contribution in [0, 0.1) is 0 Å². The minimum Gasteiger partial charge on any atom is -0.339 e. The molecule has 12 heavy (non-hydrogen) atoms. The van der Waals surface area contributed by atoms with Crippen LogP contribution in [0.15, 0.2) is 0 Å². The van der Waals surface area contributed by atoms with E-state index in [1.165, 1.54) is 0 Å². The Balaban J connectivity index is 2.29. The van der Waals surface area contributed by atoms with E-state index in [1.807, 2.05) is 0 Å². The van der Waals surface area contributed by atoms with Crippen molar-refractivity contribution < 1.29 is 9.00 Å². The van der Waals surface area contributed by atoms with E-state index in [9.17, 15) is 9.00 Å². The molecular formula is C7H14N2O2S. The highest BCUT2D eigenvalue weighted by molar-refractivity contribution is 7.84. The van der Waals surface area contributed by atoms with Crippen molar-refractivity contribution in [1.29, 1.82) is 0 Å². The molecule has 1 atom stereocenters. The minimum absolute atomic E-state index is 0.117. The Hall–Kier alpha value is -0.420. The van der Waals surface area contributed by atoms with Gasteiger partial charge in [0.2, 0.25) is 5.91 Å². The van der Waals surface area contributed by atoms with Gasteiger partial charge < -0.3 is 10.2 Å². The fourth-order valence-corrected chi connectivity index (χ4v) is 1.60. The summed E-state index contributed by atoms with van der Waals surface area (Å²) in [5, 5.41) is 2.99. The highest BCUT2D eigenvalue weighted by atomic mass is 32.2. The van der Waals surface area contributed by atoms with Gasteiger partial charge in [-0.1, -0.05) is 0 Å². The molecule has 4 nitrogen and oxygen atoms in total. The first-order valence-electron chi connectivity index (χ1n) is 3.98. The molecule has 1 unspecified atom stereocenters. The van der Waals surface area contributed by atoms with Gasteiger partial charge in [-0.05, 0) is 0 Å². The van der Waals surface area contributed by atoms with Crippen LogP contribution in [-0.2, 0) is 15.6 Å². The van der Waals surface area contributed by atoms with Crippen LogP contribution in [-0.4, -0.2) is 53.2 Å². The normalized spacial score (nSPS) is 21.1. The summed E-state index contributed by atoms with van der Waals surface area (Å²) in [5.74, 6) is 0.706. The average Bonchev–Trinajstić information content (AvgIpc) is 2.03. The maximum atomic E-state index is 11.2. The van der Waals surface area contributed by atoms with Gasteiger partial charge in [0.25, 0.3) is 0 Å². The molecule has 1 fully saturated rings. The zero-order valence-electron chi connectivity index (χ0n) is 7.21. The van der Waals surface area contributed by atoms with Crippen molar-refractivity contribution in [3.05, 3.63) is 0 Å². The number of nitrogens with zero attached hydrogens (tertiary/aromatic N) is 1. The van der Waals surface area contributed by atoms with Crippen LogP contribution in [0.4, 0.5) is 0 Å². The average molecular weight is 190 g/mol. The molecule has 5 heteroatoms. The smallest absolute Gasteiger partial charge is 0.236 e. The summed E-state index contributed by atoms with van der Waals surface area (Å²) in [7, 11) is -0.796. The number of piperazine rings is 1. The predicted molar refractivity (Wildman–Crippen MR) is 48.4 cm³/mol. The molecule has 70 valence electrons. The Morgan fingerprint density at radius 1 is 1.67 bits per heavy atom. The van der Waals surface area contributed by atoms with Crippen molar-refractivity contribution in [2.24, 2.45) is 0 Å². The quantitative estimate of drug-likeness (QED) is 0.608. The first kappa shape index (κ1) is 9.67. The van der Waals surface area contributed by atoms with Crippen LogP contribution >= 0.6 is 0 Å². The second-order valence-electron chi connectivity index (χ2n) is 2.83. The monoisotopic (exact) mass is 190 g/mol. The Labute approximate surface area is 74.8 Å². The van der Waals surface area contributed by atoms with E-state index in [0.717, 1.165) is 13.1 Å². The summed E-state index contributed by atoms with van der Waals surface area (Å²) in [4.78, 5) is 12.9. The molecule has 0 aromatic rings. The van der Waals surface area contributed by atoms with Gasteiger partial charge in [0.15, 0.2) is 0 Å². The van der Waals surface area contributed by atoms with Crippen molar-refractivity contribution in [3.63, 3.8) is 0 Å². The van der Waals surface area contributed by atoms with Crippen molar-refractivity contribution >= 4 is 16.7 Å². The Morgan fingerprint density at radius 2 is 2.42 bits per heavy atom. The van der Waals surface area contributed by atoms with E-state index in [4.69, 9.17) is 0 Å². The third kappa shape index (κ3) is 2.91. The predicted octanol–water partition coefficient (Wildman–Crippen LogP) is -1.20. The lowest BCUT2D eigenvalue weighted by Gasteiger charge is -2.26. The first-order valence-corrected chi connectivity index (χ1v) is 5.71. The zero-order valence-corrected chi connectivity index (χ0v) is 8.02. The van der Waals surface area contributed by atoms with Crippen LogP contribution in [0.5, 0.6) is 0 Å². The molecule has 0 spiro atoms. The van der Waals surface area contributed by atoms with Gasteiger partial charge in [0.1, 0.15) is 0 Å². The van der Waals surface area contributed by atoms with E-state index in [0.29, 0.717) is 18.8 Å². The molecule has 0 bridgehead atoms. The summed E-state index contributed by atoms with van der Waals surface area (Å²) in [6.07, 6.45) is 1.66.